The van der Waals surface area contributed by atoms with Gasteiger partial charge in [-0.1, -0.05) is 0 Å². The van der Waals surface area contributed by atoms with Crippen molar-refractivity contribution >= 4 is 24.2 Å². The van der Waals surface area contributed by atoms with Crippen molar-refractivity contribution in [2.75, 3.05) is 13.6 Å². The summed E-state index contributed by atoms with van der Waals surface area (Å²) in [5.41, 5.74) is 4.70. The molecule has 0 bridgehead atoms. The van der Waals surface area contributed by atoms with E-state index in [9.17, 15) is 9.59 Å². The summed E-state index contributed by atoms with van der Waals surface area (Å²) in [7, 11) is 1.57. The maximum absolute atomic E-state index is 11.6. The predicted octanol–water partition coefficient (Wildman–Crippen LogP) is 0.129. The van der Waals surface area contributed by atoms with E-state index in [1.165, 1.54) is 4.90 Å². The molecule has 6 heteroatoms. The second-order valence-corrected chi connectivity index (χ2v) is 4.61. The van der Waals surface area contributed by atoms with Crippen molar-refractivity contribution in [2.45, 2.75) is 39.3 Å². The summed E-state index contributed by atoms with van der Waals surface area (Å²) >= 11 is 0. The van der Waals surface area contributed by atoms with Gasteiger partial charge in [0.2, 0.25) is 11.8 Å². The molecule has 0 atom stereocenters. The van der Waals surface area contributed by atoms with E-state index in [2.05, 4.69) is 5.32 Å². The van der Waals surface area contributed by atoms with E-state index in [-0.39, 0.29) is 36.8 Å². The normalized spacial score (nSPS) is 10.7. The maximum atomic E-state index is 11.6. The number of carbonyl (C=O) groups excluding carboxylic acids is 2. The van der Waals surface area contributed by atoms with E-state index in [4.69, 9.17) is 5.73 Å². The zero-order valence-electron chi connectivity index (χ0n) is 10.5. The average molecular weight is 252 g/mol. The fraction of sp³-hybridized carbons (Fsp3) is 0.800. The van der Waals surface area contributed by atoms with Crippen LogP contribution in [0, 0.1) is 0 Å². The third-order valence-corrected chi connectivity index (χ3v) is 1.73. The first kappa shape index (κ1) is 17.6. The highest BCUT2D eigenvalue weighted by molar-refractivity contribution is 5.89. The number of carbonyl (C=O) groups is 2. The number of rotatable bonds is 4. The van der Waals surface area contributed by atoms with E-state index in [1.54, 1.807) is 20.9 Å². The number of hydrogen-bond acceptors (Lipinski definition) is 3. The first-order valence-corrected chi connectivity index (χ1v) is 4.98. The van der Waals surface area contributed by atoms with Crippen molar-refractivity contribution in [3.63, 3.8) is 0 Å². The van der Waals surface area contributed by atoms with Gasteiger partial charge in [0.15, 0.2) is 0 Å². The summed E-state index contributed by atoms with van der Waals surface area (Å²) < 4.78 is 0. The van der Waals surface area contributed by atoms with Crippen molar-refractivity contribution in [2.24, 2.45) is 5.73 Å². The minimum Gasteiger partial charge on any atom is -0.352 e. The Morgan fingerprint density at radius 3 is 2.12 bits per heavy atom. The van der Waals surface area contributed by atoms with Crippen LogP contribution in [-0.4, -0.2) is 41.9 Å². The molecule has 0 aliphatic carbocycles. The van der Waals surface area contributed by atoms with Gasteiger partial charge in [0.1, 0.15) is 0 Å². The molecule has 0 spiro atoms. The summed E-state index contributed by atoms with van der Waals surface area (Å²) in [5.74, 6) is -0.425. The van der Waals surface area contributed by atoms with Gasteiger partial charge in [0.05, 0.1) is 12.1 Å². The number of likely N-dealkylation sites (N-methyl/N-ethyl adjacent to an activating group) is 1. The minimum atomic E-state index is -0.938. The van der Waals surface area contributed by atoms with Crippen LogP contribution in [0.25, 0.3) is 0 Å². The Hall–Kier alpha value is -0.810. The van der Waals surface area contributed by atoms with Crippen LogP contribution in [0.5, 0.6) is 0 Å². The van der Waals surface area contributed by atoms with E-state index >= 15 is 0 Å². The van der Waals surface area contributed by atoms with Crippen LogP contribution in [-0.2, 0) is 9.59 Å². The zero-order valence-corrected chi connectivity index (χ0v) is 11.4. The fourth-order valence-corrected chi connectivity index (χ4v) is 1.15. The maximum Gasteiger partial charge on any atom is 0.242 e. The number of nitrogens with zero attached hydrogens (tertiary/aromatic N) is 1. The lowest BCUT2D eigenvalue weighted by Crippen LogP contribution is -2.52. The van der Waals surface area contributed by atoms with Crippen LogP contribution in [0.2, 0.25) is 0 Å². The number of nitrogens with two attached hydrogens (primary N) is 1. The molecule has 0 unspecified atom stereocenters. The molecule has 0 radical (unpaired) electrons. The van der Waals surface area contributed by atoms with Gasteiger partial charge in [0, 0.05) is 13.1 Å². The van der Waals surface area contributed by atoms with Gasteiger partial charge in [-0.25, -0.2) is 0 Å². The molecule has 0 aromatic rings. The summed E-state index contributed by atoms with van der Waals surface area (Å²) in [5, 5.41) is 2.71. The summed E-state index contributed by atoms with van der Waals surface area (Å²) in [6.45, 7) is 7.01. The Labute approximate surface area is 103 Å². The second-order valence-electron chi connectivity index (χ2n) is 4.61. The van der Waals surface area contributed by atoms with Gasteiger partial charge >= 0.3 is 0 Å². The molecule has 0 aliphatic rings. The van der Waals surface area contributed by atoms with E-state index in [1.807, 2.05) is 13.8 Å². The molecule has 0 aliphatic heterocycles. The Morgan fingerprint density at radius 1 is 1.38 bits per heavy atom. The number of amides is 2. The largest absolute Gasteiger partial charge is 0.352 e. The molecule has 5 nitrogen and oxygen atoms in total. The molecular weight excluding hydrogens is 230 g/mol. The van der Waals surface area contributed by atoms with Gasteiger partial charge in [-0.15, -0.1) is 12.4 Å². The first-order chi connectivity index (χ1) is 6.64. The van der Waals surface area contributed by atoms with Crippen LogP contribution in [0.15, 0.2) is 0 Å². The molecule has 16 heavy (non-hydrogen) atoms. The number of hydrogen-bond donors (Lipinski definition) is 2. The second kappa shape index (κ2) is 6.70. The Morgan fingerprint density at radius 2 is 1.81 bits per heavy atom. The van der Waals surface area contributed by atoms with E-state index < -0.39 is 5.54 Å². The minimum absolute atomic E-state index is 0. The molecule has 96 valence electrons. The van der Waals surface area contributed by atoms with Gasteiger partial charge < -0.3 is 16.0 Å². The fourth-order valence-electron chi connectivity index (χ4n) is 1.15. The quantitative estimate of drug-likeness (QED) is 0.746. The number of halogens is 1. The number of nitrogens with one attached hydrogen (secondary N) is 1. The highest BCUT2D eigenvalue weighted by Crippen LogP contribution is 2.01. The van der Waals surface area contributed by atoms with Crippen LogP contribution >= 0.6 is 12.4 Å². The molecular formula is C10H22ClN3O2. The Bertz CT molecular complexity index is 249. The lowest BCUT2D eigenvalue weighted by atomic mass is 10.1. The highest BCUT2D eigenvalue weighted by Gasteiger charge is 2.26. The topological polar surface area (TPSA) is 75.4 Å². The van der Waals surface area contributed by atoms with Crippen molar-refractivity contribution in [1.82, 2.24) is 10.2 Å². The van der Waals surface area contributed by atoms with Gasteiger partial charge in [-0.2, -0.15) is 0 Å². The SMILES string of the molecule is CC(C)NC(=O)CN(C)C(=O)C(C)(C)N.Cl. The van der Waals surface area contributed by atoms with Crippen molar-refractivity contribution in [3.05, 3.63) is 0 Å². The molecule has 0 aromatic carbocycles. The zero-order chi connectivity index (χ0) is 12.2. The molecule has 0 aromatic heterocycles. The third kappa shape index (κ3) is 6.63. The Balaban J connectivity index is 0. The highest BCUT2D eigenvalue weighted by atomic mass is 35.5. The van der Waals surface area contributed by atoms with Gasteiger partial charge in [-0.3, -0.25) is 9.59 Å². The molecule has 0 saturated carbocycles. The molecule has 0 fully saturated rings. The van der Waals surface area contributed by atoms with Crippen molar-refractivity contribution in [1.29, 1.82) is 0 Å². The summed E-state index contributed by atoms with van der Waals surface area (Å²) in [6.07, 6.45) is 0. The Kier molecular flexibility index (Phi) is 7.37. The molecule has 2 amide bonds. The standard InChI is InChI=1S/C10H21N3O2.ClH/c1-7(2)12-8(14)6-13(5)9(15)10(3,4)11;/h7H,6,11H2,1-5H3,(H,12,14);1H. The van der Waals surface area contributed by atoms with Crippen LogP contribution in [0.4, 0.5) is 0 Å². The molecule has 0 saturated heterocycles. The van der Waals surface area contributed by atoms with Crippen LogP contribution in [0.1, 0.15) is 27.7 Å². The summed E-state index contributed by atoms with van der Waals surface area (Å²) in [6, 6.07) is 0.0758. The van der Waals surface area contributed by atoms with Gasteiger partial charge in [0.25, 0.3) is 0 Å². The smallest absolute Gasteiger partial charge is 0.242 e. The predicted molar refractivity (Wildman–Crippen MR) is 66.4 cm³/mol. The van der Waals surface area contributed by atoms with Crippen LogP contribution < -0.4 is 11.1 Å². The molecule has 0 rings (SSSR count). The molecule has 0 heterocycles. The van der Waals surface area contributed by atoms with Gasteiger partial charge in [-0.05, 0) is 27.7 Å². The monoisotopic (exact) mass is 251 g/mol. The lowest BCUT2D eigenvalue weighted by molar-refractivity contribution is -0.138. The lowest BCUT2D eigenvalue weighted by Gasteiger charge is -2.25. The van der Waals surface area contributed by atoms with Crippen LogP contribution in [0.3, 0.4) is 0 Å². The van der Waals surface area contributed by atoms with E-state index in [0.29, 0.717) is 0 Å². The average Bonchev–Trinajstić information content (AvgIpc) is 1.99. The first-order valence-electron chi connectivity index (χ1n) is 4.98. The van der Waals surface area contributed by atoms with Crippen molar-refractivity contribution < 1.29 is 9.59 Å². The van der Waals surface area contributed by atoms with E-state index in [0.717, 1.165) is 0 Å². The summed E-state index contributed by atoms with van der Waals surface area (Å²) in [4.78, 5) is 24.3. The third-order valence-electron chi connectivity index (χ3n) is 1.73. The molecule has 3 N–H and O–H groups in total. The van der Waals surface area contributed by atoms with Crippen molar-refractivity contribution in [3.8, 4) is 0 Å².